The molecular formula is C17H19NO2. The first-order chi connectivity index (χ1) is 9.66. The second-order valence-electron chi connectivity index (χ2n) is 4.95. The van der Waals surface area contributed by atoms with Gasteiger partial charge in [0.25, 0.3) is 0 Å². The summed E-state index contributed by atoms with van der Waals surface area (Å²) in [6.07, 6.45) is 0. The normalized spacial score (nSPS) is 12.1. The molecule has 0 saturated carbocycles. The van der Waals surface area contributed by atoms with Crippen molar-refractivity contribution in [2.75, 3.05) is 6.54 Å². The molecule has 104 valence electrons. The van der Waals surface area contributed by atoms with Gasteiger partial charge in [0, 0.05) is 13.1 Å². The molecule has 2 N–H and O–H groups in total. The number of carboxylic acid groups (broad SMARTS) is 1. The first kappa shape index (κ1) is 14.3. The molecule has 0 aromatic heterocycles. The molecule has 0 spiro atoms. The zero-order valence-corrected chi connectivity index (χ0v) is 11.5. The Hall–Kier alpha value is -2.13. The maximum atomic E-state index is 10.9. The average molecular weight is 269 g/mol. The number of carbonyl (C=O) groups is 1. The van der Waals surface area contributed by atoms with Gasteiger partial charge in [-0.05, 0) is 29.2 Å². The number of aromatic carboxylic acids is 1. The number of carboxylic acids is 1. The fourth-order valence-corrected chi connectivity index (χ4v) is 2.15. The minimum atomic E-state index is -0.885. The number of hydrogen-bond donors (Lipinski definition) is 2. The summed E-state index contributed by atoms with van der Waals surface area (Å²) in [5, 5.41) is 12.3. The summed E-state index contributed by atoms with van der Waals surface area (Å²) in [7, 11) is 0. The van der Waals surface area contributed by atoms with E-state index < -0.39 is 5.97 Å². The molecule has 0 saturated heterocycles. The Balaban J connectivity index is 1.87. The van der Waals surface area contributed by atoms with E-state index in [-0.39, 0.29) is 0 Å². The standard InChI is InChI=1S/C17H19NO2/c1-13(15-7-3-2-4-8-15)11-18-12-14-6-5-9-16(10-14)17(19)20/h2-10,13,18H,11-12H2,1H3,(H,19,20). The molecule has 3 nitrogen and oxygen atoms in total. The van der Waals surface area contributed by atoms with E-state index in [2.05, 4.69) is 24.4 Å². The predicted molar refractivity (Wildman–Crippen MR) is 80.0 cm³/mol. The molecular weight excluding hydrogens is 250 g/mol. The van der Waals surface area contributed by atoms with Gasteiger partial charge in [-0.1, -0.05) is 49.4 Å². The van der Waals surface area contributed by atoms with Crippen molar-refractivity contribution >= 4 is 5.97 Å². The Morgan fingerprint density at radius 1 is 1.15 bits per heavy atom. The van der Waals surface area contributed by atoms with Gasteiger partial charge in [-0.3, -0.25) is 0 Å². The molecule has 0 bridgehead atoms. The molecule has 0 fully saturated rings. The Bertz CT molecular complexity index is 566. The van der Waals surface area contributed by atoms with Crippen molar-refractivity contribution in [1.82, 2.24) is 5.32 Å². The molecule has 3 heteroatoms. The summed E-state index contributed by atoms with van der Waals surface area (Å²) in [6.45, 7) is 3.72. The van der Waals surface area contributed by atoms with E-state index >= 15 is 0 Å². The smallest absolute Gasteiger partial charge is 0.335 e. The molecule has 0 aliphatic rings. The van der Waals surface area contributed by atoms with E-state index in [9.17, 15) is 4.79 Å². The van der Waals surface area contributed by atoms with Gasteiger partial charge in [0.05, 0.1) is 5.56 Å². The van der Waals surface area contributed by atoms with Gasteiger partial charge in [0.2, 0.25) is 0 Å². The van der Waals surface area contributed by atoms with Gasteiger partial charge in [-0.15, -0.1) is 0 Å². The lowest BCUT2D eigenvalue weighted by Crippen LogP contribution is -2.19. The Morgan fingerprint density at radius 2 is 1.90 bits per heavy atom. The minimum absolute atomic E-state index is 0.334. The average Bonchev–Trinajstić information content (AvgIpc) is 2.48. The van der Waals surface area contributed by atoms with Crippen molar-refractivity contribution in [3.05, 3.63) is 71.3 Å². The fourth-order valence-electron chi connectivity index (χ4n) is 2.15. The number of rotatable bonds is 6. The molecule has 0 amide bonds. The fraction of sp³-hybridized carbons (Fsp3) is 0.235. The third-order valence-electron chi connectivity index (χ3n) is 3.32. The molecule has 20 heavy (non-hydrogen) atoms. The van der Waals surface area contributed by atoms with Gasteiger partial charge in [-0.25, -0.2) is 4.79 Å². The maximum absolute atomic E-state index is 10.9. The molecule has 1 unspecified atom stereocenters. The van der Waals surface area contributed by atoms with Crippen molar-refractivity contribution < 1.29 is 9.90 Å². The van der Waals surface area contributed by atoms with E-state index in [0.29, 0.717) is 18.0 Å². The van der Waals surface area contributed by atoms with E-state index in [1.54, 1.807) is 18.2 Å². The lowest BCUT2D eigenvalue weighted by molar-refractivity contribution is 0.0696. The van der Waals surface area contributed by atoms with Gasteiger partial charge < -0.3 is 10.4 Å². The predicted octanol–water partition coefficient (Wildman–Crippen LogP) is 3.28. The molecule has 0 radical (unpaired) electrons. The van der Waals surface area contributed by atoms with Crippen molar-refractivity contribution in [2.45, 2.75) is 19.4 Å². The third kappa shape index (κ3) is 3.93. The van der Waals surface area contributed by atoms with Crippen molar-refractivity contribution in [2.24, 2.45) is 0 Å². The highest BCUT2D eigenvalue weighted by molar-refractivity contribution is 5.87. The van der Waals surface area contributed by atoms with Crippen LogP contribution in [0.5, 0.6) is 0 Å². The van der Waals surface area contributed by atoms with E-state index in [1.165, 1.54) is 5.56 Å². The quantitative estimate of drug-likeness (QED) is 0.846. The SMILES string of the molecule is CC(CNCc1cccc(C(=O)O)c1)c1ccccc1. The van der Waals surface area contributed by atoms with E-state index in [4.69, 9.17) is 5.11 Å². The van der Waals surface area contributed by atoms with Crippen LogP contribution in [0.1, 0.15) is 34.3 Å². The minimum Gasteiger partial charge on any atom is -0.478 e. The van der Waals surface area contributed by atoms with E-state index in [1.807, 2.05) is 24.3 Å². The monoisotopic (exact) mass is 269 g/mol. The van der Waals surface area contributed by atoms with Gasteiger partial charge in [0.1, 0.15) is 0 Å². The van der Waals surface area contributed by atoms with E-state index in [0.717, 1.165) is 12.1 Å². The van der Waals surface area contributed by atoms with Gasteiger partial charge in [-0.2, -0.15) is 0 Å². The molecule has 1 atom stereocenters. The zero-order valence-electron chi connectivity index (χ0n) is 11.5. The second-order valence-corrected chi connectivity index (χ2v) is 4.95. The second kappa shape index (κ2) is 6.87. The Morgan fingerprint density at radius 3 is 2.60 bits per heavy atom. The van der Waals surface area contributed by atoms with Crippen LogP contribution in [-0.2, 0) is 6.54 Å². The highest BCUT2D eigenvalue weighted by Gasteiger charge is 2.05. The molecule has 2 aromatic rings. The first-order valence-electron chi connectivity index (χ1n) is 6.74. The van der Waals surface area contributed by atoms with Crippen LogP contribution in [0, 0.1) is 0 Å². The van der Waals surface area contributed by atoms with Gasteiger partial charge >= 0.3 is 5.97 Å². The van der Waals surface area contributed by atoms with Crippen LogP contribution in [0.3, 0.4) is 0 Å². The molecule has 2 aromatic carbocycles. The summed E-state index contributed by atoms with van der Waals surface area (Å²) in [6, 6.07) is 17.4. The summed E-state index contributed by atoms with van der Waals surface area (Å²) >= 11 is 0. The van der Waals surface area contributed by atoms with Crippen molar-refractivity contribution in [3.63, 3.8) is 0 Å². The van der Waals surface area contributed by atoms with Crippen LogP contribution in [0.4, 0.5) is 0 Å². The molecule has 0 aliphatic heterocycles. The topological polar surface area (TPSA) is 49.3 Å². The van der Waals surface area contributed by atoms with Crippen LogP contribution in [0.2, 0.25) is 0 Å². The summed E-state index contributed by atoms with van der Waals surface area (Å²) in [5.41, 5.74) is 2.63. The summed E-state index contributed by atoms with van der Waals surface area (Å²) in [4.78, 5) is 10.9. The van der Waals surface area contributed by atoms with Crippen LogP contribution in [0.15, 0.2) is 54.6 Å². The summed E-state index contributed by atoms with van der Waals surface area (Å²) < 4.78 is 0. The van der Waals surface area contributed by atoms with Crippen molar-refractivity contribution in [3.8, 4) is 0 Å². The number of hydrogen-bond acceptors (Lipinski definition) is 2. The van der Waals surface area contributed by atoms with Crippen LogP contribution in [0.25, 0.3) is 0 Å². The molecule has 2 rings (SSSR count). The van der Waals surface area contributed by atoms with Crippen molar-refractivity contribution in [1.29, 1.82) is 0 Å². The number of nitrogens with one attached hydrogen (secondary N) is 1. The van der Waals surface area contributed by atoms with Gasteiger partial charge in [0.15, 0.2) is 0 Å². The first-order valence-corrected chi connectivity index (χ1v) is 6.74. The Labute approximate surface area is 119 Å². The Kier molecular flexibility index (Phi) is 4.91. The lowest BCUT2D eigenvalue weighted by Gasteiger charge is -2.13. The van der Waals surface area contributed by atoms with Crippen LogP contribution in [-0.4, -0.2) is 17.6 Å². The summed E-state index contributed by atoms with van der Waals surface area (Å²) in [5.74, 6) is -0.455. The maximum Gasteiger partial charge on any atom is 0.335 e. The highest BCUT2D eigenvalue weighted by atomic mass is 16.4. The molecule has 0 heterocycles. The number of benzene rings is 2. The molecule has 0 aliphatic carbocycles. The van der Waals surface area contributed by atoms with Crippen LogP contribution >= 0.6 is 0 Å². The zero-order chi connectivity index (χ0) is 14.4. The third-order valence-corrected chi connectivity index (χ3v) is 3.32. The largest absolute Gasteiger partial charge is 0.478 e. The highest BCUT2D eigenvalue weighted by Crippen LogP contribution is 2.13. The lowest BCUT2D eigenvalue weighted by atomic mass is 10.0. The van der Waals surface area contributed by atoms with Crippen LogP contribution < -0.4 is 5.32 Å².